The van der Waals surface area contributed by atoms with Gasteiger partial charge in [-0.1, -0.05) is 30.3 Å². The minimum Gasteiger partial charge on any atom is -0.345 e. The third-order valence-corrected chi connectivity index (χ3v) is 7.63. The standard InChI is InChI=1S/C24H34N2O2/c1-16(2)26(15-18-7-5-4-6-8-18)23(28)22(27)25-17(3)24-12-19-9-20(13-24)11-21(10-19)14-24/h4-8,16-17,19-21H,9-15H2,1-3H3,(H,25,27). The predicted molar refractivity (Wildman–Crippen MR) is 110 cm³/mol. The quantitative estimate of drug-likeness (QED) is 0.778. The molecule has 1 atom stereocenters. The lowest BCUT2D eigenvalue weighted by Crippen LogP contribution is -2.57. The first-order chi connectivity index (χ1) is 13.4. The first-order valence-corrected chi connectivity index (χ1v) is 11.0. The molecule has 28 heavy (non-hydrogen) atoms. The van der Waals surface area contributed by atoms with Gasteiger partial charge in [-0.25, -0.2) is 0 Å². The molecule has 0 spiro atoms. The summed E-state index contributed by atoms with van der Waals surface area (Å²) in [7, 11) is 0. The molecule has 0 radical (unpaired) electrons. The van der Waals surface area contributed by atoms with Crippen LogP contribution in [-0.4, -0.2) is 28.8 Å². The van der Waals surface area contributed by atoms with Gasteiger partial charge in [-0.15, -0.1) is 0 Å². The number of carbonyl (C=O) groups is 2. The topological polar surface area (TPSA) is 49.4 Å². The molecule has 1 aromatic rings. The number of hydrogen-bond acceptors (Lipinski definition) is 2. The Balaban J connectivity index is 1.42. The van der Waals surface area contributed by atoms with Crippen LogP contribution >= 0.6 is 0 Å². The van der Waals surface area contributed by atoms with Crippen molar-refractivity contribution in [3.8, 4) is 0 Å². The zero-order valence-corrected chi connectivity index (χ0v) is 17.5. The minimum absolute atomic E-state index is 0.0201. The molecule has 4 saturated carbocycles. The van der Waals surface area contributed by atoms with E-state index in [1.54, 1.807) is 4.90 Å². The van der Waals surface area contributed by atoms with Crippen molar-refractivity contribution >= 4 is 11.8 Å². The van der Waals surface area contributed by atoms with E-state index in [1.165, 1.54) is 38.5 Å². The average Bonchev–Trinajstić information content (AvgIpc) is 2.65. The number of nitrogens with one attached hydrogen (secondary N) is 1. The predicted octanol–water partition coefficient (Wildman–Crippen LogP) is 4.14. The summed E-state index contributed by atoms with van der Waals surface area (Å²) in [4.78, 5) is 27.5. The first-order valence-electron chi connectivity index (χ1n) is 11.0. The van der Waals surface area contributed by atoms with Crippen LogP contribution in [-0.2, 0) is 16.1 Å². The monoisotopic (exact) mass is 382 g/mol. The van der Waals surface area contributed by atoms with Crippen molar-refractivity contribution in [1.29, 1.82) is 0 Å². The first kappa shape index (κ1) is 19.5. The SMILES string of the molecule is CC(C)N(Cc1ccccc1)C(=O)C(=O)NC(C)C12CC3CC(CC(C3)C1)C2. The van der Waals surface area contributed by atoms with Gasteiger partial charge >= 0.3 is 11.8 Å². The van der Waals surface area contributed by atoms with Crippen LogP contribution in [0.4, 0.5) is 0 Å². The smallest absolute Gasteiger partial charge is 0.312 e. The van der Waals surface area contributed by atoms with Gasteiger partial charge in [0.1, 0.15) is 0 Å². The third kappa shape index (κ3) is 3.70. The van der Waals surface area contributed by atoms with E-state index in [4.69, 9.17) is 0 Å². The van der Waals surface area contributed by atoms with Gasteiger partial charge in [0.15, 0.2) is 0 Å². The largest absolute Gasteiger partial charge is 0.345 e. The number of rotatable bonds is 5. The molecule has 152 valence electrons. The van der Waals surface area contributed by atoms with Crippen LogP contribution in [0.15, 0.2) is 30.3 Å². The Labute approximate surface area is 169 Å². The van der Waals surface area contributed by atoms with Gasteiger partial charge < -0.3 is 10.2 Å². The van der Waals surface area contributed by atoms with E-state index in [-0.39, 0.29) is 17.5 Å². The molecule has 0 heterocycles. The summed E-state index contributed by atoms with van der Waals surface area (Å²) in [5, 5.41) is 3.13. The number of amides is 2. The van der Waals surface area contributed by atoms with E-state index in [0.717, 1.165) is 23.3 Å². The molecule has 1 aromatic carbocycles. The van der Waals surface area contributed by atoms with Crippen LogP contribution in [0.25, 0.3) is 0 Å². The van der Waals surface area contributed by atoms with Gasteiger partial charge in [0.05, 0.1) is 0 Å². The second-order valence-electron chi connectivity index (χ2n) is 9.99. The Morgan fingerprint density at radius 1 is 1.00 bits per heavy atom. The molecule has 4 bridgehead atoms. The number of hydrogen-bond donors (Lipinski definition) is 1. The summed E-state index contributed by atoms with van der Waals surface area (Å²) in [5.41, 5.74) is 1.26. The van der Waals surface area contributed by atoms with Crippen LogP contribution in [0, 0.1) is 23.2 Å². The van der Waals surface area contributed by atoms with Gasteiger partial charge in [-0.05, 0) is 88.0 Å². The molecule has 0 saturated heterocycles. The fourth-order valence-corrected chi connectivity index (χ4v) is 6.52. The van der Waals surface area contributed by atoms with Crippen LogP contribution in [0.3, 0.4) is 0 Å². The maximum atomic E-state index is 13.0. The van der Waals surface area contributed by atoms with E-state index < -0.39 is 11.8 Å². The normalized spacial score (nSPS) is 31.6. The number of benzene rings is 1. The minimum atomic E-state index is -0.437. The molecule has 4 aliphatic rings. The second kappa shape index (κ2) is 7.53. The maximum absolute atomic E-state index is 13.0. The van der Waals surface area contributed by atoms with Crippen molar-refractivity contribution in [3.05, 3.63) is 35.9 Å². The van der Waals surface area contributed by atoms with Crippen molar-refractivity contribution < 1.29 is 9.59 Å². The lowest BCUT2D eigenvalue weighted by atomic mass is 9.48. The summed E-state index contributed by atoms with van der Waals surface area (Å²) in [6, 6.07) is 9.94. The molecule has 0 aliphatic heterocycles. The summed E-state index contributed by atoms with van der Waals surface area (Å²) < 4.78 is 0. The van der Waals surface area contributed by atoms with Crippen molar-refractivity contribution in [2.75, 3.05) is 0 Å². The van der Waals surface area contributed by atoms with Crippen molar-refractivity contribution in [3.63, 3.8) is 0 Å². The van der Waals surface area contributed by atoms with Gasteiger partial charge in [-0.2, -0.15) is 0 Å². The van der Waals surface area contributed by atoms with E-state index in [9.17, 15) is 9.59 Å². The van der Waals surface area contributed by atoms with Crippen LogP contribution in [0.5, 0.6) is 0 Å². The molecule has 4 fully saturated rings. The molecule has 4 heteroatoms. The fraction of sp³-hybridized carbons (Fsp3) is 0.667. The molecular weight excluding hydrogens is 348 g/mol. The van der Waals surface area contributed by atoms with E-state index >= 15 is 0 Å². The molecule has 2 amide bonds. The summed E-state index contributed by atoms with van der Waals surface area (Å²) in [6.45, 7) is 6.54. The van der Waals surface area contributed by atoms with Crippen LogP contribution in [0.1, 0.15) is 64.9 Å². The van der Waals surface area contributed by atoms with Gasteiger partial charge in [0.2, 0.25) is 0 Å². The van der Waals surface area contributed by atoms with Crippen molar-refractivity contribution in [2.45, 2.75) is 77.9 Å². The second-order valence-corrected chi connectivity index (χ2v) is 9.99. The lowest BCUT2D eigenvalue weighted by Gasteiger charge is -2.59. The van der Waals surface area contributed by atoms with E-state index in [0.29, 0.717) is 6.54 Å². The highest BCUT2D eigenvalue weighted by Gasteiger charge is 2.53. The van der Waals surface area contributed by atoms with Gasteiger partial charge in [0.25, 0.3) is 0 Å². The Bertz CT molecular complexity index is 692. The zero-order valence-electron chi connectivity index (χ0n) is 17.5. The van der Waals surface area contributed by atoms with Crippen molar-refractivity contribution in [2.24, 2.45) is 23.2 Å². The Kier molecular flexibility index (Phi) is 5.24. The van der Waals surface area contributed by atoms with Gasteiger partial charge in [0, 0.05) is 18.6 Å². The highest BCUT2D eigenvalue weighted by Crippen LogP contribution is 2.61. The summed E-state index contributed by atoms with van der Waals surface area (Å²) in [6.07, 6.45) is 7.84. The number of carbonyl (C=O) groups excluding carboxylic acids is 2. The van der Waals surface area contributed by atoms with Gasteiger partial charge in [-0.3, -0.25) is 9.59 Å². The highest BCUT2D eigenvalue weighted by molar-refractivity contribution is 6.35. The molecule has 4 aliphatic carbocycles. The molecule has 5 rings (SSSR count). The summed E-state index contributed by atoms with van der Waals surface area (Å²) >= 11 is 0. The Morgan fingerprint density at radius 3 is 2.04 bits per heavy atom. The Morgan fingerprint density at radius 2 is 1.54 bits per heavy atom. The molecular formula is C24H34N2O2. The lowest BCUT2D eigenvalue weighted by molar-refractivity contribution is -0.149. The zero-order chi connectivity index (χ0) is 19.9. The molecule has 4 nitrogen and oxygen atoms in total. The average molecular weight is 383 g/mol. The Hall–Kier alpha value is -1.84. The summed E-state index contributed by atoms with van der Waals surface area (Å²) in [5.74, 6) is 1.67. The molecule has 1 unspecified atom stereocenters. The molecule has 0 aromatic heterocycles. The fourth-order valence-electron chi connectivity index (χ4n) is 6.52. The van der Waals surface area contributed by atoms with E-state index in [2.05, 4.69) is 12.2 Å². The van der Waals surface area contributed by atoms with Crippen LogP contribution in [0.2, 0.25) is 0 Å². The number of nitrogens with zero attached hydrogens (tertiary/aromatic N) is 1. The molecule has 1 N–H and O–H groups in total. The van der Waals surface area contributed by atoms with Crippen LogP contribution < -0.4 is 5.32 Å². The highest BCUT2D eigenvalue weighted by atomic mass is 16.2. The van der Waals surface area contributed by atoms with E-state index in [1.807, 2.05) is 44.2 Å². The maximum Gasteiger partial charge on any atom is 0.312 e. The third-order valence-electron chi connectivity index (χ3n) is 7.63. The van der Waals surface area contributed by atoms with Crippen molar-refractivity contribution in [1.82, 2.24) is 10.2 Å².